The number of unbranched alkanes of at least 4 members (excludes halogenated alkanes) is 4. The van der Waals surface area contributed by atoms with Crippen LogP contribution >= 0.6 is 0 Å². The smallest absolute Gasteiger partial charge is 0.0348 e. The molecule has 0 atom stereocenters. The predicted octanol–water partition coefficient (Wildman–Crippen LogP) is 6.48. The highest BCUT2D eigenvalue weighted by Crippen LogP contribution is 2.02. The molecule has 0 fully saturated rings. The fourth-order valence-corrected chi connectivity index (χ4v) is 1.52. The summed E-state index contributed by atoms with van der Waals surface area (Å²) in [5.74, 6) is 0. The Bertz CT molecular complexity index is 373. The second-order valence-corrected chi connectivity index (χ2v) is 4.44. The van der Waals surface area contributed by atoms with Gasteiger partial charge in [0.15, 0.2) is 0 Å². The van der Waals surface area contributed by atoms with Crippen LogP contribution in [0.25, 0.3) is 0 Å². The lowest BCUT2D eigenvalue weighted by atomic mass is 10.1. The van der Waals surface area contributed by atoms with E-state index in [0.717, 1.165) is 0 Å². The lowest BCUT2D eigenvalue weighted by Crippen LogP contribution is -1.72. The molecular formula is C20H28. The zero-order valence-corrected chi connectivity index (χ0v) is 12.7. The molecule has 0 saturated heterocycles. The molecule has 0 bridgehead atoms. The van der Waals surface area contributed by atoms with Crippen LogP contribution < -0.4 is 0 Å². The van der Waals surface area contributed by atoms with Crippen LogP contribution in [0.3, 0.4) is 0 Å². The molecule has 0 N–H and O–H groups in total. The average molecular weight is 268 g/mol. The monoisotopic (exact) mass is 268 g/mol. The maximum atomic E-state index is 3.60. The molecule has 0 aromatic carbocycles. The molecule has 0 radical (unpaired) electrons. The highest BCUT2D eigenvalue weighted by molar-refractivity contribution is 5.20. The van der Waals surface area contributed by atoms with Gasteiger partial charge in [-0.15, -0.1) is 0 Å². The molecule has 0 aliphatic carbocycles. The molecule has 0 heteroatoms. The lowest BCUT2D eigenvalue weighted by Gasteiger charge is -1.92. The third-order valence-corrected chi connectivity index (χ3v) is 2.61. The Kier molecular flexibility index (Phi) is 15.6. The summed E-state index contributed by atoms with van der Waals surface area (Å²) in [6.45, 7) is 5.85. The van der Waals surface area contributed by atoms with E-state index in [1.807, 2.05) is 54.7 Å². The molecule has 0 rings (SSSR count). The Morgan fingerprint density at radius 1 is 0.600 bits per heavy atom. The largest absolute Gasteiger partial charge is 0.0991 e. The second-order valence-electron chi connectivity index (χ2n) is 4.44. The van der Waals surface area contributed by atoms with Crippen molar-refractivity contribution in [2.45, 2.75) is 39.0 Å². The summed E-state index contributed by atoms with van der Waals surface area (Å²) in [7, 11) is 0. The quantitative estimate of drug-likeness (QED) is 0.297. The number of hydrogen-bond acceptors (Lipinski definition) is 0. The molecule has 0 unspecified atom stereocenters. The summed E-state index contributed by atoms with van der Waals surface area (Å²) in [5, 5.41) is 0. The first-order valence-electron chi connectivity index (χ1n) is 7.52. The normalized spacial score (nSPS) is 13.2. The van der Waals surface area contributed by atoms with Gasteiger partial charge in [-0.05, 0) is 12.8 Å². The van der Waals surface area contributed by atoms with Gasteiger partial charge in [-0.1, -0.05) is 112 Å². The molecule has 0 aromatic heterocycles. The molecule has 0 saturated carbocycles. The summed E-state index contributed by atoms with van der Waals surface area (Å²) in [4.78, 5) is 0. The predicted molar refractivity (Wildman–Crippen MR) is 93.8 cm³/mol. The van der Waals surface area contributed by atoms with Gasteiger partial charge in [-0.2, -0.15) is 0 Å². The fraction of sp³-hybridized carbons (Fsp3) is 0.300. The van der Waals surface area contributed by atoms with Crippen molar-refractivity contribution in [2.75, 3.05) is 0 Å². The van der Waals surface area contributed by atoms with Crippen LogP contribution in [0.4, 0.5) is 0 Å². The molecule has 0 aliphatic heterocycles. The Hall–Kier alpha value is -1.82. The minimum atomic E-state index is 1.19. The van der Waals surface area contributed by atoms with Crippen molar-refractivity contribution >= 4 is 0 Å². The summed E-state index contributed by atoms with van der Waals surface area (Å²) in [6, 6.07) is 0. The molecule has 0 nitrogen and oxygen atoms in total. The molecule has 0 aromatic rings. The van der Waals surface area contributed by atoms with E-state index in [9.17, 15) is 0 Å². The first kappa shape index (κ1) is 18.2. The summed E-state index contributed by atoms with van der Waals surface area (Å²) in [6.07, 6.45) is 32.7. The Labute approximate surface area is 125 Å². The second kappa shape index (κ2) is 17.2. The van der Waals surface area contributed by atoms with Gasteiger partial charge < -0.3 is 0 Å². The molecule has 0 heterocycles. The van der Waals surface area contributed by atoms with E-state index in [4.69, 9.17) is 0 Å². The molecule has 0 spiro atoms. The van der Waals surface area contributed by atoms with Gasteiger partial charge in [-0.3, -0.25) is 0 Å². The number of rotatable bonds is 11. The lowest BCUT2D eigenvalue weighted by molar-refractivity contribution is 0.674. The van der Waals surface area contributed by atoms with Crippen LogP contribution in [-0.2, 0) is 0 Å². The van der Waals surface area contributed by atoms with Gasteiger partial charge in [0, 0.05) is 0 Å². The van der Waals surface area contributed by atoms with E-state index in [-0.39, 0.29) is 0 Å². The van der Waals surface area contributed by atoms with Crippen molar-refractivity contribution in [3.05, 3.63) is 85.6 Å². The maximum Gasteiger partial charge on any atom is -0.0348 e. The minimum Gasteiger partial charge on any atom is -0.0991 e. The van der Waals surface area contributed by atoms with Gasteiger partial charge in [0.2, 0.25) is 0 Å². The third kappa shape index (κ3) is 16.2. The highest BCUT2D eigenvalue weighted by atomic mass is 13.9. The van der Waals surface area contributed by atoms with E-state index in [1.165, 1.54) is 32.1 Å². The van der Waals surface area contributed by atoms with Crippen LogP contribution in [0.5, 0.6) is 0 Å². The first-order valence-corrected chi connectivity index (χ1v) is 7.52. The van der Waals surface area contributed by atoms with Crippen molar-refractivity contribution < 1.29 is 0 Å². The standard InChI is InChI=1S/C20H28/c1-3-5-7-9-11-13-15-17-19-20-18-16-14-12-10-8-6-4-2/h3,5,7,9,11,13-20H,1,4,6,8,10,12H2,2H3/b7-5+,11-9+,15-13+,16-14+,19-17+,20-18+. The number of hydrogen-bond donors (Lipinski definition) is 0. The van der Waals surface area contributed by atoms with Crippen molar-refractivity contribution in [2.24, 2.45) is 0 Å². The molecular weight excluding hydrogens is 240 g/mol. The van der Waals surface area contributed by atoms with E-state index < -0.39 is 0 Å². The molecule has 108 valence electrons. The highest BCUT2D eigenvalue weighted by Gasteiger charge is 1.82. The minimum absolute atomic E-state index is 1.19. The van der Waals surface area contributed by atoms with Crippen molar-refractivity contribution in [1.29, 1.82) is 0 Å². The van der Waals surface area contributed by atoms with Crippen LogP contribution in [0.15, 0.2) is 85.6 Å². The average Bonchev–Trinajstić information content (AvgIpc) is 2.47. The topological polar surface area (TPSA) is 0 Å². The van der Waals surface area contributed by atoms with Crippen LogP contribution in [0, 0.1) is 0 Å². The Balaban J connectivity index is 3.62. The van der Waals surface area contributed by atoms with Crippen molar-refractivity contribution in [1.82, 2.24) is 0 Å². The van der Waals surface area contributed by atoms with Crippen LogP contribution in [-0.4, -0.2) is 0 Å². The van der Waals surface area contributed by atoms with Gasteiger partial charge in [0.1, 0.15) is 0 Å². The molecule has 0 amide bonds. The van der Waals surface area contributed by atoms with E-state index in [1.54, 1.807) is 6.08 Å². The van der Waals surface area contributed by atoms with Crippen molar-refractivity contribution in [3.8, 4) is 0 Å². The van der Waals surface area contributed by atoms with Gasteiger partial charge >= 0.3 is 0 Å². The Morgan fingerprint density at radius 3 is 1.60 bits per heavy atom. The van der Waals surface area contributed by atoms with E-state index >= 15 is 0 Å². The summed E-state index contributed by atoms with van der Waals surface area (Å²) < 4.78 is 0. The van der Waals surface area contributed by atoms with Crippen LogP contribution in [0.2, 0.25) is 0 Å². The zero-order valence-electron chi connectivity index (χ0n) is 12.7. The van der Waals surface area contributed by atoms with Gasteiger partial charge in [-0.25, -0.2) is 0 Å². The van der Waals surface area contributed by atoms with E-state index in [0.29, 0.717) is 0 Å². The number of allylic oxidation sites excluding steroid dienone is 13. The zero-order chi connectivity index (χ0) is 14.7. The SMILES string of the molecule is C=C/C=C/C=C/C=C/C=C/C=C/C=C/CCCCCC. The van der Waals surface area contributed by atoms with Gasteiger partial charge in [0.25, 0.3) is 0 Å². The fourth-order valence-electron chi connectivity index (χ4n) is 1.52. The first-order chi connectivity index (χ1) is 9.91. The molecule has 20 heavy (non-hydrogen) atoms. The summed E-state index contributed by atoms with van der Waals surface area (Å²) in [5.41, 5.74) is 0. The molecule has 0 aliphatic rings. The van der Waals surface area contributed by atoms with Crippen LogP contribution in [0.1, 0.15) is 39.0 Å². The van der Waals surface area contributed by atoms with Gasteiger partial charge in [0.05, 0.1) is 0 Å². The Morgan fingerprint density at radius 2 is 1.10 bits per heavy atom. The third-order valence-electron chi connectivity index (χ3n) is 2.61. The van der Waals surface area contributed by atoms with E-state index in [2.05, 4.69) is 31.7 Å². The summed E-state index contributed by atoms with van der Waals surface area (Å²) >= 11 is 0. The van der Waals surface area contributed by atoms with Crippen molar-refractivity contribution in [3.63, 3.8) is 0 Å². The maximum absolute atomic E-state index is 3.60.